The number of hydrogen-bond acceptors (Lipinski definition) is 3. The molecule has 0 heterocycles. The third-order valence-electron chi connectivity index (χ3n) is 3.90. The van der Waals surface area contributed by atoms with Gasteiger partial charge in [-0.1, -0.05) is 18.2 Å². The third-order valence-corrected chi connectivity index (χ3v) is 4.91. The number of carboxylic acid groups (broad SMARTS) is 1. The van der Waals surface area contributed by atoms with Crippen LogP contribution in [0.25, 0.3) is 0 Å². The molecule has 4 nitrogen and oxygen atoms in total. The minimum Gasteiger partial charge on any atom is -0.481 e. The summed E-state index contributed by atoms with van der Waals surface area (Å²) >= 11 is 1.53. The first kappa shape index (κ1) is 15.9. The van der Waals surface area contributed by atoms with Gasteiger partial charge in [0, 0.05) is 11.4 Å². The van der Waals surface area contributed by atoms with Gasteiger partial charge in [0.1, 0.15) is 0 Å². The summed E-state index contributed by atoms with van der Waals surface area (Å²) in [7, 11) is 0. The summed E-state index contributed by atoms with van der Waals surface area (Å²) in [6, 6.07) is 9.86. The standard InChI is InChI=1S/C16H21NO3S/c18-15(11-21-14-4-2-1-3-5-14)17-10-12-6-8-13(9-7-12)16(19)20/h1-5,12-13H,6-11H2,(H,17,18)(H,19,20). The molecule has 1 saturated carbocycles. The van der Waals surface area contributed by atoms with Crippen molar-refractivity contribution in [3.63, 3.8) is 0 Å². The molecule has 1 aromatic carbocycles. The summed E-state index contributed by atoms with van der Waals surface area (Å²) in [6.07, 6.45) is 3.25. The predicted molar refractivity (Wildman–Crippen MR) is 83.3 cm³/mol. The molecule has 0 radical (unpaired) electrons. The predicted octanol–water partition coefficient (Wildman–Crippen LogP) is 2.79. The molecule has 1 aliphatic carbocycles. The summed E-state index contributed by atoms with van der Waals surface area (Å²) in [4.78, 5) is 23.8. The van der Waals surface area contributed by atoms with E-state index in [0.717, 1.165) is 30.6 Å². The molecule has 0 atom stereocenters. The first-order valence-electron chi connectivity index (χ1n) is 7.32. The minimum absolute atomic E-state index is 0.0456. The largest absolute Gasteiger partial charge is 0.481 e. The Labute approximate surface area is 129 Å². The number of hydrogen-bond donors (Lipinski definition) is 2. The lowest BCUT2D eigenvalue weighted by Gasteiger charge is -2.26. The van der Waals surface area contributed by atoms with Crippen LogP contribution in [0.3, 0.4) is 0 Å². The second-order valence-electron chi connectivity index (χ2n) is 5.46. The number of benzene rings is 1. The van der Waals surface area contributed by atoms with Crippen molar-refractivity contribution in [2.45, 2.75) is 30.6 Å². The van der Waals surface area contributed by atoms with E-state index in [1.807, 2.05) is 30.3 Å². The molecule has 0 unspecified atom stereocenters. The van der Waals surface area contributed by atoms with Crippen molar-refractivity contribution in [1.29, 1.82) is 0 Å². The maximum absolute atomic E-state index is 11.8. The number of thioether (sulfide) groups is 1. The van der Waals surface area contributed by atoms with Gasteiger partial charge in [-0.05, 0) is 43.7 Å². The molecule has 21 heavy (non-hydrogen) atoms. The molecule has 1 fully saturated rings. The summed E-state index contributed by atoms with van der Waals surface area (Å²) < 4.78 is 0. The molecule has 1 aliphatic rings. The number of aliphatic carboxylic acids is 1. The normalized spacial score (nSPS) is 21.7. The van der Waals surface area contributed by atoms with Crippen LogP contribution in [0.4, 0.5) is 0 Å². The van der Waals surface area contributed by atoms with Crippen LogP contribution in [0.2, 0.25) is 0 Å². The molecule has 1 amide bonds. The third kappa shape index (κ3) is 5.42. The molecular formula is C16H21NO3S. The average molecular weight is 307 g/mol. The van der Waals surface area contributed by atoms with Crippen molar-refractivity contribution in [2.24, 2.45) is 11.8 Å². The van der Waals surface area contributed by atoms with Crippen molar-refractivity contribution in [1.82, 2.24) is 5.32 Å². The topological polar surface area (TPSA) is 66.4 Å². The Morgan fingerprint density at radius 3 is 2.43 bits per heavy atom. The summed E-state index contributed by atoms with van der Waals surface area (Å²) in [5, 5.41) is 11.9. The summed E-state index contributed by atoms with van der Waals surface area (Å²) in [6.45, 7) is 0.667. The van der Waals surface area contributed by atoms with Crippen molar-refractivity contribution >= 4 is 23.6 Å². The Morgan fingerprint density at radius 1 is 1.14 bits per heavy atom. The van der Waals surface area contributed by atoms with E-state index in [0.29, 0.717) is 18.2 Å². The van der Waals surface area contributed by atoms with Crippen LogP contribution in [0.1, 0.15) is 25.7 Å². The minimum atomic E-state index is -0.684. The zero-order valence-electron chi connectivity index (χ0n) is 12.0. The number of carbonyl (C=O) groups excluding carboxylic acids is 1. The smallest absolute Gasteiger partial charge is 0.306 e. The quantitative estimate of drug-likeness (QED) is 0.793. The second-order valence-corrected chi connectivity index (χ2v) is 6.51. The van der Waals surface area contributed by atoms with Gasteiger partial charge in [-0.25, -0.2) is 0 Å². The van der Waals surface area contributed by atoms with Gasteiger partial charge in [0.2, 0.25) is 5.91 Å². The fourth-order valence-corrected chi connectivity index (χ4v) is 3.34. The maximum Gasteiger partial charge on any atom is 0.306 e. The van der Waals surface area contributed by atoms with Crippen LogP contribution in [0, 0.1) is 11.8 Å². The van der Waals surface area contributed by atoms with Crippen LogP contribution in [0.5, 0.6) is 0 Å². The van der Waals surface area contributed by atoms with E-state index in [1.165, 1.54) is 11.8 Å². The molecule has 0 saturated heterocycles. The van der Waals surface area contributed by atoms with Crippen molar-refractivity contribution < 1.29 is 14.7 Å². The summed E-state index contributed by atoms with van der Waals surface area (Å²) in [5.74, 6) is 0.0203. The molecule has 0 spiro atoms. The number of carboxylic acids is 1. The van der Waals surface area contributed by atoms with Gasteiger partial charge in [0.05, 0.1) is 11.7 Å². The lowest BCUT2D eigenvalue weighted by molar-refractivity contribution is -0.143. The van der Waals surface area contributed by atoms with E-state index in [2.05, 4.69) is 5.32 Å². The second kappa shape index (κ2) is 8.08. The van der Waals surface area contributed by atoms with Crippen LogP contribution >= 0.6 is 11.8 Å². The Balaban J connectivity index is 1.62. The Kier molecular flexibility index (Phi) is 6.11. The van der Waals surface area contributed by atoms with Gasteiger partial charge in [-0.2, -0.15) is 0 Å². The molecule has 1 aromatic rings. The lowest BCUT2D eigenvalue weighted by Crippen LogP contribution is -2.33. The van der Waals surface area contributed by atoms with Gasteiger partial charge < -0.3 is 10.4 Å². The molecule has 2 N–H and O–H groups in total. The van der Waals surface area contributed by atoms with Crippen molar-refractivity contribution in [2.75, 3.05) is 12.3 Å². The fraction of sp³-hybridized carbons (Fsp3) is 0.500. The maximum atomic E-state index is 11.8. The van der Waals surface area contributed by atoms with Crippen LogP contribution < -0.4 is 5.32 Å². The molecule has 0 bridgehead atoms. The van der Waals surface area contributed by atoms with Crippen molar-refractivity contribution in [3.05, 3.63) is 30.3 Å². The van der Waals surface area contributed by atoms with E-state index in [9.17, 15) is 9.59 Å². The van der Waals surface area contributed by atoms with Crippen LogP contribution in [-0.2, 0) is 9.59 Å². The van der Waals surface area contributed by atoms with Gasteiger partial charge in [-0.3, -0.25) is 9.59 Å². The lowest BCUT2D eigenvalue weighted by atomic mass is 9.82. The van der Waals surface area contributed by atoms with Gasteiger partial charge in [0.25, 0.3) is 0 Å². The SMILES string of the molecule is O=C(CSc1ccccc1)NCC1CCC(C(=O)O)CC1. The van der Waals surface area contributed by atoms with Crippen molar-refractivity contribution in [3.8, 4) is 0 Å². The average Bonchev–Trinajstić information content (AvgIpc) is 2.52. The summed E-state index contributed by atoms with van der Waals surface area (Å²) in [5.41, 5.74) is 0. The zero-order chi connectivity index (χ0) is 15.1. The van der Waals surface area contributed by atoms with E-state index >= 15 is 0 Å². The highest BCUT2D eigenvalue weighted by atomic mass is 32.2. The molecule has 0 aromatic heterocycles. The highest BCUT2D eigenvalue weighted by Gasteiger charge is 2.25. The van der Waals surface area contributed by atoms with Gasteiger partial charge in [0.15, 0.2) is 0 Å². The molecule has 0 aliphatic heterocycles. The molecule has 5 heteroatoms. The number of rotatable bonds is 6. The van der Waals surface area contributed by atoms with E-state index in [4.69, 9.17) is 5.11 Å². The highest BCUT2D eigenvalue weighted by molar-refractivity contribution is 8.00. The highest BCUT2D eigenvalue weighted by Crippen LogP contribution is 2.28. The molecule has 2 rings (SSSR count). The number of carbonyl (C=O) groups is 2. The zero-order valence-corrected chi connectivity index (χ0v) is 12.8. The molecular weight excluding hydrogens is 286 g/mol. The van der Waals surface area contributed by atoms with Crippen LogP contribution in [0.15, 0.2) is 35.2 Å². The Bertz CT molecular complexity index is 470. The van der Waals surface area contributed by atoms with E-state index in [1.54, 1.807) is 0 Å². The van der Waals surface area contributed by atoms with Gasteiger partial charge >= 0.3 is 5.97 Å². The Morgan fingerprint density at radius 2 is 1.81 bits per heavy atom. The van der Waals surface area contributed by atoms with E-state index < -0.39 is 5.97 Å². The monoisotopic (exact) mass is 307 g/mol. The van der Waals surface area contributed by atoms with E-state index in [-0.39, 0.29) is 11.8 Å². The molecule has 114 valence electrons. The first-order valence-corrected chi connectivity index (χ1v) is 8.31. The first-order chi connectivity index (χ1) is 10.1. The van der Waals surface area contributed by atoms with Crippen LogP contribution in [-0.4, -0.2) is 29.3 Å². The van der Waals surface area contributed by atoms with Gasteiger partial charge in [-0.15, -0.1) is 11.8 Å². The number of amides is 1. The Hall–Kier alpha value is -1.49. The fourth-order valence-electron chi connectivity index (χ4n) is 2.59. The number of nitrogens with one attached hydrogen (secondary N) is 1.